The fourth-order valence-electron chi connectivity index (χ4n) is 2.47. The molecule has 2 rings (SSSR count). The molecular weight excluding hydrogens is 276 g/mol. The topological polar surface area (TPSA) is 9.23 Å². The second kappa shape index (κ2) is 5.53. The van der Waals surface area contributed by atoms with Crippen molar-refractivity contribution < 1.29 is 4.74 Å². The van der Waals surface area contributed by atoms with E-state index in [1.165, 1.54) is 24.8 Å². The molecule has 0 saturated carbocycles. The van der Waals surface area contributed by atoms with E-state index in [0.717, 1.165) is 6.42 Å². The first-order valence-corrected chi connectivity index (χ1v) is 7.46. The normalized spacial score (nSPS) is 32.2. The average Bonchev–Trinajstić information content (AvgIpc) is 2.37. The highest BCUT2D eigenvalue weighted by Gasteiger charge is 2.50. The molecule has 1 saturated heterocycles. The summed E-state index contributed by atoms with van der Waals surface area (Å²) in [5.41, 5.74) is 1.30. The van der Waals surface area contributed by atoms with Gasteiger partial charge in [0.2, 0.25) is 0 Å². The van der Waals surface area contributed by atoms with E-state index in [-0.39, 0.29) is 11.7 Å². The van der Waals surface area contributed by atoms with Gasteiger partial charge in [-0.1, -0.05) is 72.4 Å². The third kappa shape index (κ3) is 2.74. The fraction of sp³-hybridized carbons (Fsp3) is 0.600. The molecular formula is C15H21BrO. The van der Waals surface area contributed by atoms with Gasteiger partial charge in [0.25, 0.3) is 0 Å². The van der Waals surface area contributed by atoms with Crippen LogP contribution in [-0.4, -0.2) is 10.4 Å². The molecule has 1 aromatic carbocycles. The number of alkyl halides is 1. The van der Waals surface area contributed by atoms with Crippen LogP contribution in [0.4, 0.5) is 0 Å². The van der Waals surface area contributed by atoms with Gasteiger partial charge < -0.3 is 4.74 Å². The standard InChI is InChI=1S/C15H21BrO/c1-3-4-8-11-15(2)14(16)13(17-15)12-9-6-5-7-10-12/h5-7,9-10,13-14H,3-4,8,11H2,1-2H3/t13-,14-,15?/m1/s1. The molecule has 0 N–H and O–H groups in total. The summed E-state index contributed by atoms with van der Waals surface area (Å²) in [6.07, 6.45) is 5.21. The summed E-state index contributed by atoms with van der Waals surface area (Å²) in [4.78, 5) is 0.439. The molecule has 94 valence electrons. The Morgan fingerprint density at radius 3 is 2.53 bits per heavy atom. The molecule has 1 unspecified atom stereocenters. The van der Waals surface area contributed by atoms with Gasteiger partial charge >= 0.3 is 0 Å². The lowest BCUT2D eigenvalue weighted by Crippen LogP contribution is -2.54. The third-order valence-corrected chi connectivity index (χ3v) is 5.10. The summed E-state index contributed by atoms with van der Waals surface area (Å²) in [6, 6.07) is 10.5. The van der Waals surface area contributed by atoms with Crippen LogP contribution in [0.25, 0.3) is 0 Å². The highest BCUT2D eigenvalue weighted by molar-refractivity contribution is 9.09. The van der Waals surface area contributed by atoms with E-state index in [1.807, 2.05) is 6.07 Å². The zero-order valence-electron chi connectivity index (χ0n) is 10.7. The third-order valence-electron chi connectivity index (χ3n) is 3.65. The maximum Gasteiger partial charge on any atom is 0.0985 e. The molecule has 0 amide bonds. The Kier molecular flexibility index (Phi) is 4.26. The van der Waals surface area contributed by atoms with Gasteiger partial charge in [-0.2, -0.15) is 0 Å². The summed E-state index contributed by atoms with van der Waals surface area (Å²) in [7, 11) is 0. The second-order valence-electron chi connectivity index (χ2n) is 5.12. The highest BCUT2D eigenvalue weighted by atomic mass is 79.9. The molecule has 1 aromatic rings. The predicted octanol–water partition coefficient (Wildman–Crippen LogP) is 4.86. The van der Waals surface area contributed by atoms with E-state index in [2.05, 4.69) is 54.0 Å². The number of hydrogen-bond donors (Lipinski definition) is 0. The molecule has 1 heterocycles. The van der Waals surface area contributed by atoms with E-state index < -0.39 is 0 Å². The number of benzene rings is 1. The van der Waals surface area contributed by atoms with Crippen molar-refractivity contribution >= 4 is 15.9 Å². The van der Waals surface area contributed by atoms with E-state index >= 15 is 0 Å². The van der Waals surface area contributed by atoms with Crippen molar-refractivity contribution in [3.63, 3.8) is 0 Å². The van der Waals surface area contributed by atoms with Gasteiger partial charge in [-0.3, -0.25) is 0 Å². The minimum absolute atomic E-state index is 0.0235. The predicted molar refractivity (Wildman–Crippen MR) is 75.5 cm³/mol. The van der Waals surface area contributed by atoms with Crippen molar-refractivity contribution in [2.45, 2.75) is 56.1 Å². The molecule has 1 aliphatic rings. The molecule has 0 aromatic heterocycles. The van der Waals surface area contributed by atoms with Gasteiger partial charge in [-0.15, -0.1) is 0 Å². The molecule has 1 nitrogen and oxygen atoms in total. The molecule has 3 atom stereocenters. The van der Waals surface area contributed by atoms with Crippen LogP contribution in [0, 0.1) is 0 Å². The van der Waals surface area contributed by atoms with Crippen LogP contribution >= 0.6 is 15.9 Å². The quantitative estimate of drug-likeness (QED) is 0.557. The molecule has 0 spiro atoms. The van der Waals surface area contributed by atoms with Gasteiger partial charge in [0, 0.05) is 0 Å². The summed E-state index contributed by atoms with van der Waals surface area (Å²) >= 11 is 3.81. The number of halogens is 1. The van der Waals surface area contributed by atoms with Crippen LogP contribution in [0.5, 0.6) is 0 Å². The molecule has 1 aliphatic heterocycles. The van der Waals surface area contributed by atoms with Crippen molar-refractivity contribution in [1.29, 1.82) is 0 Å². The minimum atomic E-state index is 0.0235. The zero-order valence-corrected chi connectivity index (χ0v) is 12.2. The maximum absolute atomic E-state index is 6.12. The van der Waals surface area contributed by atoms with Gasteiger partial charge in [0.05, 0.1) is 16.5 Å². The lowest BCUT2D eigenvalue weighted by molar-refractivity contribution is -0.191. The first-order valence-electron chi connectivity index (χ1n) is 6.54. The largest absolute Gasteiger partial charge is 0.365 e. The lowest BCUT2D eigenvalue weighted by Gasteiger charge is -2.51. The van der Waals surface area contributed by atoms with Gasteiger partial charge in [0.15, 0.2) is 0 Å². The van der Waals surface area contributed by atoms with E-state index in [0.29, 0.717) is 4.83 Å². The van der Waals surface area contributed by atoms with Crippen molar-refractivity contribution in [3.8, 4) is 0 Å². The lowest BCUT2D eigenvalue weighted by atomic mass is 9.83. The Labute approximate surface area is 113 Å². The second-order valence-corrected chi connectivity index (χ2v) is 6.11. The SMILES string of the molecule is CCCCCC1(C)O[C@H](c2ccccc2)[C@H]1Br. The van der Waals surface area contributed by atoms with Crippen LogP contribution in [0.1, 0.15) is 51.2 Å². The Hall–Kier alpha value is -0.340. The minimum Gasteiger partial charge on any atom is -0.365 e. The number of unbranched alkanes of at least 4 members (excludes halogenated alkanes) is 2. The summed E-state index contributed by atoms with van der Waals surface area (Å²) in [6.45, 7) is 4.46. The molecule has 0 aliphatic carbocycles. The van der Waals surface area contributed by atoms with Crippen LogP contribution in [0.15, 0.2) is 30.3 Å². The van der Waals surface area contributed by atoms with Crippen molar-refractivity contribution in [2.24, 2.45) is 0 Å². The van der Waals surface area contributed by atoms with Crippen molar-refractivity contribution in [2.75, 3.05) is 0 Å². The van der Waals surface area contributed by atoms with Gasteiger partial charge in [0.1, 0.15) is 0 Å². The van der Waals surface area contributed by atoms with Crippen LogP contribution in [0.2, 0.25) is 0 Å². The summed E-state index contributed by atoms with van der Waals surface area (Å²) in [5, 5.41) is 0. The molecule has 2 heteroatoms. The monoisotopic (exact) mass is 296 g/mol. The molecule has 17 heavy (non-hydrogen) atoms. The van der Waals surface area contributed by atoms with E-state index in [1.54, 1.807) is 0 Å². The first-order chi connectivity index (χ1) is 8.17. The molecule has 0 radical (unpaired) electrons. The van der Waals surface area contributed by atoms with Gasteiger partial charge in [-0.05, 0) is 18.9 Å². The van der Waals surface area contributed by atoms with Gasteiger partial charge in [-0.25, -0.2) is 0 Å². The number of hydrogen-bond acceptors (Lipinski definition) is 1. The van der Waals surface area contributed by atoms with Crippen molar-refractivity contribution in [3.05, 3.63) is 35.9 Å². The van der Waals surface area contributed by atoms with E-state index in [4.69, 9.17) is 4.74 Å². The Bertz CT molecular complexity index is 351. The highest BCUT2D eigenvalue weighted by Crippen LogP contribution is 2.50. The van der Waals surface area contributed by atoms with Crippen LogP contribution in [-0.2, 0) is 4.74 Å². The molecule has 1 fully saturated rings. The number of rotatable bonds is 5. The van der Waals surface area contributed by atoms with Crippen LogP contribution in [0.3, 0.4) is 0 Å². The average molecular weight is 297 g/mol. The molecule has 0 bridgehead atoms. The summed E-state index contributed by atoms with van der Waals surface area (Å²) in [5.74, 6) is 0. The van der Waals surface area contributed by atoms with Crippen LogP contribution < -0.4 is 0 Å². The Balaban J connectivity index is 1.92. The first kappa shape index (κ1) is 13.1. The summed E-state index contributed by atoms with van der Waals surface area (Å²) < 4.78 is 6.12. The smallest absolute Gasteiger partial charge is 0.0985 e. The Morgan fingerprint density at radius 2 is 1.94 bits per heavy atom. The maximum atomic E-state index is 6.12. The van der Waals surface area contributed by atoms with Crippen molar-refractivity contribution in [1.82, 2.24) is 0 Å². The number of ether oxygens (including phenoxy) is 1. The zero-order chi connectivity index (χ0) is 12.3. The van der Waals surface area contributed by atoms with E-state index in [9.17, 15) is 0 Å². The Morgan fingerprint density at radius 1 is 1.24 bits per heavy atom. The fourth-order valence-corrected chi connectivity index (χ4v) is 3.22.